The summed E-state index contributed by atoms with van der Waals surface area (Å²) in [5.74, 6) is 0.287. The third-order valence-electron chi connectivity index (χ3n) is 5.29. The number of allylic oxidation sites excluding steroid dienone is 1. The van der Waals surface area contributed by atoms with E-state index < -0.39 is 5.97 Å². The van der Waals surface area contributed by atoms with Gasteiger partial charge in [-0.15, -0.1) is 0 Å². The summed E-state index contributed by atoms with van der Waals surface area (Å²) in [5.41, 5.74) is 3.76. The van der Waals surface area contributed by atoms with Crippen molar-refractivity contribution in [2.45, 2.75) is 25.2 Å². The Hall–Kier alpha value is -2.59. The molecule has 3 rings (SSSR count). The van der Waals surface area contributed by atoms with Crippen LogP contribution in [0, 0.1) is 5.92 Å². The summed E-state index contributed by atoms with van der Waals surface area (Å²) in [7, 11) is 4.20. The molecule has 1 aliphatic carbocycles. The molecule has 0 heterocycles. The third kappa shape index (κ3) is 4.98. The van der Waals surface area contributed by atoms with E-state index in [1.165, 1.54) is 11.1 Å². The van der Waals surface area contributed by atoms with E-state index in [0.29, 0.717) is 23.1 Å². The molecule has 1 saturated carbocycles. The van der Waals surface area contributed by atoms with Gasteiger partial charge >= 0.3 is 5.97 Å². The molecule has 4 heteroatoms. The number of carbonyl (C=O) groups is 1. The van der Waals surface area contributed by atoms with Crippen LogP contribution in [0.25, 0.3) is 6.08 Å². The van der Waals surface area contributed by atoms with E-state index in [9.17, 15) is 15.0 Å². The zero-order valence-electron chi connectivity index (χ0n) is 15.9. The Bertz CT molecular complexity index is 841. The fraction of sp³-hybridized carbons (Fsp3) is 0.348. The molecule has 0 saturated heterocycles. The van der Waals surface area contributed by atoms with Crippen LogP contribution < -0.4 is 0 Å². The molecule has 0 radical (unpaired) electrons. The van der Waals surface area contributed by atoms with Crippen LogP contribution in [-0.4, -0.2) is 41.7 Å². The first-order valence-corrected chi connectivity index (χ1v) is 9.39. The van der Waals surface area contributed by atoms with Gasteiger partial charge in [0.25, 0.3) is 0 Å². The van der Waals surface area contributed by atoms with E-state index in [0.717, 1.165) is 31.4 Å². The summed E-state index contributed by atoms with van der Waals surface area (Å²) >= 11 is 0. The second-order valence-electron chi connectivity index (χ2n) is 7.70. The first-order chi connectivity index (χ1) is 12.9. The lowest BCUT2D eigenvalue weighted by atomic mass is 9.73. The highest BCUT2D eigenvalue weighted by atomic mass is 16.4. The molecule has 2 aromatic carbocycles. The number of rotatable bonds is 5. The van der Waals surface area contributed by atoms with Gasteiger partial charge in [0.2, 0.25) is 0 Å². The van der Waals surface area contributed by atoms with Gasteiger partial charge < -0.3 is 15.1 Å². The molecule has 0 aromatic heterocycles. The highest BCUT2D eigenvalue weighted by Gasteiger charge is 2.29. The van der Waals surface area contributed by atoms with Crippen LogP contribution in [0.3, 0.4) is 0 Å². The van der Waals surface area contributed by atoms with E-state index in [2.05, 4.69) is 31.1 Å². The number of phenols is 1. The molecule has 2 N–H and O–H groups in total. The molecule has 0 aliphatic heterocycles. The monoisotopic (exact) mass is 365 g/mol. The SMILES string of the molecule is CN(C)C[C@H]1CCC(=Cc2cccc(C(=O)O)c2)C[C@@H]1c1cccc(O)c1. The predicted octanol–water partition coefficient (Wildman–Crippen LogP) is 4.62. The Labute approximate surface area is 160 Å². The van der Waals surface area contributed by atoms with E-state index in [1.807, 2.05) is 18.2 Å². The Morgan fingerprint density at radius 1 is 1.19 bits per heavy atom. The van der Waals surface area contributed by atoms with Gasteiger partial charge in [0.15, 0.2) is 0 Å². The van der Waals surface area contributed by atoms with Crippen molar-refractivity contribution in [3.63, 3.8) is 0 Å². The van der Waals surface area contributed by atoms with Crippen LogP contribution in [0.1, 0.15) is 46.7 Å². The minimum atomic E-state index is -0.900. The first-order valence-electron chi connectivity index (χ1n) is 9.39. The second kappa shape index (κ2) is 8.40. The molecule has 1 fully saturated rings. The summed E-state index contributed by atoms with van der Waals surface area (Å²) in [5, 5.41) is 19.1. The fourth-order valence-electron chi connectivity index (χ4n) is 4.08. The van der Waals surface area contributed by atoms with Gasteiger partial charge in [-0.25, -0.2) is 4.79 Å². The van der Waals surface area contributed by atoms with Crippen LogP contribution in [0.5, 0.6) is 5.75 Å². The molecule has 27 heavy (non-hydrogen) atoms. The number of nitrogens with zero attached hydrogens (tertiary/aromatic N) is 1. The van der Waals surface area contributed by atoms with Gasteiger partial charge in [-0.1, -0.05) is 35.9 Å². The lowest BCUT2D eigenvalue weighted by molar-refractivity contribution is 0.0697. The maximum atomic E-state index is 11.2. The van der Waals surface area contributed by atoms with Gasteiger partial charge in [0.1, 0.15) is 5.75 Å². The summed E-state index contributed by atoms with van der Waals surface area (Å²) in [6.07, 6.45) is 5.17. The lowest BCUT2D eigenvalue weighted by Gasteiger charge is -2.35. The van der Waals surface area contributed by atoms with Gasteiger partial charge in [-0.05, 0) is 80.6 Å². The fourth-order valence-corrected chi connectivity index (χ4v) is 4.08. The highest BCUT2D eigenvalue weighted by molar-refractivity contribution is 5.88. The van der Waals surface area contributed by atoms with Crippen LogP contribution in [0.4, 0.5) is 0 Å². The van der Waals surface area contributed by atoms with Gasteiger partial charge in [0, 0.05) is 6.54 Å². The maximum absolute atomic E-state index is 11.2. The van der Waals surface area contributed by atoms with Crippen LogP contribution >= 0.6 is 0 Å². The van der Waals surface area contributed by atoms with Gasteiger partial charge in [-0.3, -0.25) is 0 Å². The number of carboxylic acid groups (broad SMARTS) is 1. The molecule has 0 unspecified atom stereocenters. The topological polar surface area (TPSA) is 60.8 Å². The Morgan fingerprint density at radius 3 is 2.67 bits per heavy atom. The van der Waals surface area contributed by atoms with E-state index in [-0.39, 0.29) is 0 Å². The Kier molecular flexibility index (Phi) is 5.97. The first kappa shape index (κ1) is 19.2. The highest BCUT2D eigenvalue weighted by Crippen LogP contribution is 2.42. The molecule has 4 nitrogen and oxygen atoms in total. The third-order valence-corrected chi connectivity index (χ3v) is 5.29. The van der Waals surface area contributed by atoms with Crippen molar-refractivity contribution in [2.24, 2.45) is 5.92 Å². The zero-order valence-corrected chi connectivity index (χ0v) is 15.9. The predicted molar refractivity (Wildman–Crippen MR) is 108 cm³/mol. The van der Waals surface area contributed by atoms with E-state index >= 15 is 0 Å². The van der Waals surface area contributed by atoms with Crippen molar-refractivity contribution in [1.29, 1.82) is 0 Å². The number of aromatic carboxylic acids is 1. The second-order valence-corrected chi connectivity index (χ2v) is 7.70. The molecule has 142 valence electrons. The van der Waals surface area contributed by atoms with Crippen molar-refractivity contribution >= 4 is 12.0 Å². The largest absolute Gasteiger partial charge is 0.508 e. The smallest absolute Gasteiger partial charge is 0.335 e. The molecule has 2 aromatic rings. The lowest BCUT2D eigenvalue weighted by Crippen LogP contribution is -2.29. The van der Waals surface area contributed by atoms with Gasteiger partial charge in [-0.2, -0.15) is 0 Å². The summed E-state index contributed by atoms with van der Waals surface area (Å²) in [6.45, 7) is 1.02. The molecule has 0 amide bonds. The standard InChI is InChI=1S/C23H27NO3/c1-24(2)15-20-10-9-17(11-16-5-3-7-19(12-16)23(26)27)13-22(20)18-6-4-8-21(25)14-18/h3-8,11-12,14,20,22,25H,9-10,13,15H2,1-2H3,(H,26,27)/t20-,22-/m1/s1. The normalized spacial score (nSPS) is 21.5. The number of benzene rings is 2. The number of hydrogen-bond donors (Lipinski definition) is 2. The van der Waals surface area contributed by atoms with Crippen LogP contribution in [0.15, 0.2) is 54.1 Å². The number of aromatic hydroxyl groups is 1. The summed E-state index contributed by atoms with van der Waals surface area (Å²) < 4.78 is 0. The summed E-state index contributed by atoms with van der Waals surface area (Å²) in [4.78, 5) is 13.4. The van der Waals surface area contributed by atoms with Crippen molar-refractivity contribution < 1.29 is 15.0 Å². The van der Waals surface area contributed by atoms with E-state index in [4.69, 9.17) is 0 Å². The van der Waals surface area contributed by atoms with Crippen LogP contribution in [0.2, 0.25) is 0 Å². The summed E-state index contributed by atoms with van der Waals surface area (Å²) in [6, 6.07) is 14.7. The maximum Gasteiger partial charge on any atom is 0.335 e. The van der Waals surface area contributed by atoms with Crippen molar-refractivity contribution in [3.8, 4) is 5.75 Å². The number of carboxylic acids is 1. The molecular weight excluding hydrogens is 338 g/mol. The van der Waals surface area contributed by atoms with Crippen molar-refractivity contribution in [3.05, 3.63) is 70.8 Å². The number of phenolic OH excluding ortho intramolecular Hbond substituents is 1. The molecule has 2 atom stereocenters. The van der Waals surface area contributed by atoms with Crippen molar-refractivity contribution in [1.82, 2.24) is 4.90 Å². The molecule has 0 bridgehead atoms. The quantitative estimate of drug-likeness (QED) is 0.812. The molecule has 1 aliphatic rings. The Balaban J connectivity index is 1.87. The zero-order chi connectivity index (χ0) is 19.4. The minimum Gasteiger partial charge on any atom is -0.508 e. The average Bonchev–Trinajstić information content (AvgIpc) is 2.63. The average molecular weight is 365 g/mol. The van der Waals surface area contributed by atoms with Gasteiger partial charge in [0.05, 0.1) is 5.56 Å². The molecular formula is C23H27NO3. The van der Waals surface area contributed by atoms with Crippen LogP contribution in [-0.2, 0) is 0 Å². The molecule has 0 spiro atoms. The van der Waals surface area contributed by atoms with E-state index in [1.54, 1.807) is 24.3 Å². The van der Waals surface area contributed by atoms with Crippen molar-refractivity contribution in [2.75, 3.05) is 20.6 Å². The number of hydrogen-bond acceptors (Lipinski definition) is 3. The Morgan fingerprint density at radius 2 is 1.96 bits per heavy atom. The minimum absolute atomic E-state index is 0.307.